The van der Waals surface area contributed by atoms with Crippen LogP contribution in [0.25, 0.3) is 11.1 Å². The fourth-order valence-corrected chi connectivity index (χ4v) is 4.43. The van der Waals surface area contributed by atoms with E-state index in [0.29, 0.717) is 10.2 Å². The first-order valence-electron chi connectivity index (χ1n) is 10.8. The Labute approximate surface area is 205 Å². The van der Waals surface area contributed by atoms with E-state index in [1.165, 1.54) is 12.1 Å². The van der Waals surface area contributed by atoms with E-state index >= 15 is 0 Å². The molecule has 174 valence electrons. The van der Waals surface area contributed by atoms with Gasteiger partial charge in [-0.15, -0.1) is 0 Å². The van der Waals surface area contributed by atoms with Gasteiger partial charge in [-0.25, -0.2) is 9.59 Å². The molecule has 0 saturated heterocycles. The highest BCUT2D eigenvalue weighted by molar-refractivity contribution is 9.10. The first-order chi connectivity index (χ1) is 16.4. The van der Waals surface area contributed by atoms with Gasteiger partial charge in [-0.2, -0.15) is 0 Å². The molecule has 0 aromatic heterocycles. The van der Waals surface area contributed by atoms with E-state index in [1.807, 2.05) is 36.4 Å². The normalized spacial score (nSPS) is 12.9. The lowest BCUT2D eigenvalue weighted by Crippen LogP contribution is -2.40. The van der Waals surface area contributed by atoms with E-state index in [-0.39, 0.29) is 24.5 Å². The number of carboxylic acids is 1. The number of aliphatic carboxylic acids is 1. The second-order valence-corrected chi connectivity index (χ2v) is 8.77. The lowest BCUT2D eigenvalue weighted by molar-refractivity contribution is -0.139. The van der Waals surface area contributed by atoms with E-state index < -0.39 is 24.0 Å². The minimum atomic E-state index is -1.11. The molecular weight excluding hydrogens is 500 g/mol. The highest BCUT2D eigenvalue weighted by Crippen LogP contribution is 2.44. The number of fused-ring (bicyclic) bond motifs is 3. The van der Waals surface area contributed by atoms with Crippen molar-refractivity contribution in [3.8, 4) is 11.1 Å². The second-order valence-electron chi connectivity index (χ2n) is 7.92. The number of carbonyl (C=O) groups is 3. The Bertz CT molecular complexity index is 1210. The number of anilines is 1. The van der Waals surface area contributed by atoms with Crippen LogP contribution in [0, 0.1) is 0 Å². The van der Waals surface area contributed by atoms with Crippen molar-refractivity contribution in [1.29, 1.82) is 0 Å². The van der Waals surface area contributed by atoms with Gasteiger partial charge in [-0.1, -0.05) is 55.5 Å². The number of ether oxygens (including phenoxy) is 1. The van der Waals surface area contributed by atoms with Gasteiger partial charge in [0.1, 0.15) is 12.6 Å². The van der Waals surface area contributed by atoms with Crippen molar-refractivity contribution in [3.63, 3.8) is 0 Å². The predicted molar refractivity (Wildman–Crippen MR) is 132 cm³/mol. The summed E-state index contributed by atoms with van der Waals surface area (Å²) in [5.74, 6) is -1.72. The van der Waals surface area contributed by atoms with Crippen molar-refractivity contribution >= 4 is 39.6 Å². The standard InChI is InChI=1S/C26H23BrN2O5/c1-2-22(25(31)32)28-24(30)15-11-12-21(27)23(13-15)29-26(33)34-14-20-18-9-5-3-7-16(18)17-8-4-6-10-19(17)20/h3-13,20,22H,2,14H2,1H3,(H,28,30)(H,29,33)(H,31,32)/t22-/m0/s1. The molecule has 1 atom stereocenters. The Kier molecular flexibility index (Phi) is 6.98. The number of amides is 2. The van der Waals surface area contributed by atoms with Gasteiger partial charge in [-0.3, -0.25) is 10.1 Å². The molecule has 3 aromatic rings. The molecule has 3 N–H and O–H groups in total. The molecule has 3 aromatic carbocycles. The molecule has 34 heavy (non-hydrogen) atoms. The highest BCUT2D eigenvalue weighted by atomic mass is 79.9. The number of carboxylic acid groups (broad SMARTS) is 1. The Balaban J connectivity index is 1.44. The molecule has 0 spiro atoms. The maximum Gasteiger partial charge on any atom is 0.411 e. The van der Waals surface area contributed by atoms with Crippen molar-refractivity contribution in [2.45, 2.75) is 25.3 Å². The monoisotopic (exact) mass is 522 g/mol. The number of benzene rings is 3. The minimum Gasteiger partial charge on any atom is -0.480 e. The van der Waals surface area contributed by atoms with E-state index in [2.05, 4.69) is 38.7 Å². The summed E-state index contributed by atoms with van der Waals surface area (Å²) in [6.45, 7) is 1.83. The third-order valence-electron chi connectivity index (χ3n) is 5.82. The Morgan fingerprint density at radius 1 is 1.00 bits per heavy atom. The summed E-state index contributed by atoms with van der Waals surface area (Å²) in [7, 11) is 0. The Morgan fingerprint density at radius 2 is 1.62 bits per heavy atom. The first kappa shape index (κ1) is 23.5. The van der Waals surface area contributed by atoms with Crippen LogP contribution in [-0.4, -0.2) is 35.7 Å². The number of halogens is 1. The van der Waals surface area contributed by atoms with Crippen molar-refractivity contribution in [2.24, 2.45) is 0 Å². The van der Waals surface area contributed by atoms with Crippen molar-refractivity contribution < 1.29 is 24.2 Å². The molecule has 1 aliphatic carbocycles. The van der Waals surface area contributed by atoms with E-state index in [9.17, 15) is 14.4 Å². The van der Waals surface area contributed by atoms with Gasteiger partial charge in [0.2, 0.25) is 0 Å². The van der Waals surface area contributed by atoms with Gasteiger partial charge in [0.25, 0.3) is 5.91 Å². The molecule has 7 nitrogen and oxygen atoms in total. The van der Waals surface area contributed by atoms with Gasteiger partial charge < -0.3 is 15.2 Å². The lowest BCUT2D eigenvalue weighted by atomic mass is 9.98. The van der Waals surface area contributed by atoms with Crippen LogP contribution >= 0.6 is 15.9 Å². The summed E-state index contributed by atoms with van der Waals surface area (Å²) in [6, 6.07) is 19.8. The number of carbonyl (C=O) groups excluding carboxylic acids is 2. The van der Waals surface area contributed by atoms with E-state index in [1.54, 1.807) is 13.0 Å². The van der Waals surface area contributed by atoms with Gasteiger partial charge in [0, 0.05) is 16.0 Å². The number of nitrogens with one attached hydrogen (secondary N) is 2. The maximum absolute atomic E-state index is 12.6. The zero-order valence-electron chi connectivity index (χ0n) is 18.4. The third kappa shape index (κ3) is 4.82. The van der Waals surface area contributed by atoms with E-state index in [4.69, 9.17) is 9.84 Å². The van der Waals surface area contributed by atoms with Gasteiger partial charge in [0.05, 0.1) is 5.69 Å². The molecule has 0 saturated carbocycles. The number of hydrogen-bond donors (Lipinski definition) is 3. The summed E-state index contributed by atoms with van der Waals surface area (Å²) < 4.78 is 6.12. The SMILES string of the molecule is CC[C@H](NC(=O)c1ccc(Br)c(NC(=O)OCC2c3ccccc3-c3ccccc32)c1)C(=O)O. The largest absolute Gasteiger partial charge is 0.480 e. The summed E-state index contributed by atoms with van der Waals surface area (Å²) in [4.78, 5) is 36.3. The summed E-state index contributed by atoms with van der Waals surface area (Å²) in [5, 5.41) is 14.3. The zero-order chi connectivity index (χ0) is 24.2. The average Bonchev–Trinajstić information content (AvgIpc) is 3.16. The molecule has 0 heterocycles. The third-order valence-corrected chi connectivity index (χ3v) is 6.51. The quantitative estimate of drug-likeness (QED) is 0.385. The molecule has 1 aliphatic rings. The Hall–Kier alpha value is -3.65. The van der Waals surface area contributed by atoms with E-state index in [0.717, 1.165) is 22.3 Å². The molecule has 0 radical (unpaired) electrons. The van der Waals surface area contributed by atoms with Crippen LogP contribution in [0.1, 0.15) is 40.7 Å². The minimum absolute atomic E-state index is 0.0688. The van der Waals surface area contributed by atoms with Crippen LogP contribution in [0.15, 0.2) is 71.2 Å². The van der Waals surface area contributed by atoms with Crippen LogP contribution in [0.4, 0.5) is 10.5 Å². The predicted octanol–water partition coefficient (Wildman–Crippen LogP) is 5.40. The second kappa shape index (κ2) is 10.1. The summed E-state index contributed by atoms with van der Waals surface area (Å²) in [5.41, 5.74) is 5.06. The van der Waals surface area contributed by atoms with Crippen molar-refractivity contribution in [2.75, 3.05) is 11.9 Å². The topological polar surface area (TPSA) is 105 Å². The lowest BCUT2D eigenvalue weighted by Gasteiger charge is -2.16. The van der Waals surface area contributed by atoms with Crippen LogP contribution in [0.3, 0.4) is 0 Å². The fraction of sp³-hybridized carbons (Fsp3) is 0.192. The van der Waals surface area contributed by atoms with Gasteiger partial charge >= 0.3 is 12.1 Å². The van der Waals surface area contributed by atoms with Crippen LogP contribution in [-0.2, 0) is 9.53 Å². The molecule has 0 bridgehead atoms. The smallest absolute Gasteiger partial charge is 0.411 e. The fourth-order valence-electron chi connectivity index (χ4n) is 4.09. The summed E-state index contributed by atoms with van der Waals surface area (Å²) >= 11 is 3.36. The molecule has 8 heteroatoms. The molecule has 0 fully saturated rings. The van der Waals surface area contributed by atoms with Crippen LogP contribution in [0.2, 0.25) is 0 Å². The molecule has 4 rings (SSSR count). The number of hydrogen-bond acceptors (Lipinski definition) is 4. The van der Waals surface area contributed by atoms with Gasteiger partial charge in [-0.05, 0) is 62.8 Å². The van der Waals surface area contributed by atoms with Crippen molar-refractivity contribution in [3.05, 3.63) is 87.9 Å². The van der Waals surface area contributed by atoms with Crippen molar-refractivity contribution in [1.82, 2.24) is 5.32 Å². The van der Waals surface area contributed by atoms with Crippen LogP contribution < -0.4 is 10.6 Å². The molecule has 2 amide bonds. The maximum atomic E-state index is 12.6. The first-order valence-corrected chi connectivity index (χ1v) is 11.6. The summed E-state index contributed by atoms with van der Waals surface area (Å²) in [6.07, 6.45) is -0.403. The zero-order valence-corrected chi connectivity index (χ0v) is 20.0. The average molecular weight is 523 g/mol. The highest BCUT2D eigenvalue weighted by Gasteiger charge is 2.29. The Morgan fingerprint density at radius 3 is 2.21 bits per heavy atom. The number of rotatable bonds is 7. The van der Waals surface area contributed by atoms with Gasteiger partial charge in [0.15, 0.2) is 0 Å². The molecule has 0 aliphatic heterocycles. The molecular formula is C26H23BrN2O5. The van der Waals surface area contributed by atoms with Crippen LogP contribution in [0.5, 0.6) is 0 Å². The molecule has 0 unspecified atom stereocenters.